The van der Waals surface area contributed by atoms with Crippen LogP contribution in [0.5, 0.6) is 0 Å². The van der Waals surface area contributed by atoms with Gasteiger partial charge in [0.2, 0.25) is 5.91 Å². The Bertz CT molecular complexity index is 980. The maximum Gasteiger partial charge on any atom is 0.284 e. The lowest BCUT2D eigenvalue weighted by Crippen LogP contribution is -2.26. The topological polar surface area (TPSA) is 78.8 Å². The van der Waals surface area contributed by atoms with E-state index < -0.39 is 10.0 Å². The Morgan fingerprint density at radius 1 is 1.21 bits per heavy atom. The van der Waals surface area contributed by atoms with Crippen molar-refractivity contribution in [2.45, 2.75) is 30.6 Å². The number of carbonyl (C=O) groups excluding carboxylic acids is 1. The van der Waals surface area contributed by atoms with Crippen molar-refractivity contribution in [3.63, 3.8) is 0 Å². The highest BCUT2D eigenvalue weighted by Gasteiger charge is 2.18. The van der Waals surface area contributed by atoms with Gasteiger partial charge in [-0.15, -0.1) is 15.7 Å². The molecule has 8 heteroatoms. The second-order valence-electron chi connectivity index (χ2n) is 6.58. The number of nitrogens with zero attached hydrogens (tertiary/aromatic N) is 2. The highest BCUT2D eigenvalue weighted by Crippen LogP contribution is 2.20. The summed E-state index contributed by atoms with van der Waals surface area (Å²) >= 11 is 1.53. The number of likely N-dealkylation sites (tertiary alicyclic amines) is 1. The van der Waals surface area contributed by atoms with E-state index in [9.17, 15) is 13.2 Å². The number of amides is 1. The Kier molecular flexibility index (Phi) is 6.64. The van der Waals surface area contributed by atoms with Gasteiger partial charge < -0.3 is 10.2 Å². The fraction of sp³-hybridized carbons (Fsp3) is 0.300. The number of hydrogen-bond donors (Lipinski definition) is 1. The molecular weight excluding hydrogens is 394 g/mol. The van der Waals surface area contributed by atoms with Gasteiger partial charge in [-0.2, -0.15) is 8.42 Å². The van der Waals surface area contributed by atoms with Crippen LogP contribution in [0.15, 0.2) is 57.1 Å². The van der Waals surface area contributed by atoms with E-state index in [2.05, 4.69) is 9.71 Å². The third kappa shape index (κ3) is 5.53. The zero-order valence-electron chi connectivity index (χ0n) is 15.7. The molecule has 3 rings (SSSR count). The van der Waals surface area contributed by atoms with Gasteiger partial charge in [-0.3, -0.25) is 4.79 Å². The van der Waals surface area contributed by atoms with Crippen LogP contribution in [0.2, 0.25) is 0 Å². The smallest absolute Gasteiger partial charge is 0.284 e. The SMILES string of the molecule is CN1CCCCC/C1=N\S(=O)(=O)c1cccc(NC(=O)/C=C/c2cccs2)c1. The minimum atomic E-state index is -3.84. The lowest BCUT2D eigenvalue weighted by Gasteiger charge is -2.17. The van der Waals surface area contributed by atoms with E-state index in [-0.39, 0.29) is 10.8 Å². The van der Waals surface area contributed by atoms with E-state index in [0.29, 0.717) is 17.9 Å². The number of anilines is 1. The number of nitrogens with one attached hydrogen (secondary N) is 1. The second-order valence-corrected chi connectivity index (χ2v) is 9.16. The van der Waals surface area contributed by atoms with E-state index >= 15 is 0 Å². The molecule has 1 saturated heterocycles. The summed E-state index contributed by atoms with van der Waals surface area (Å²) < 4.78 is 29.5. The Hall–Kier alpha value is -2.45. The summed E-state index contributed by atoms with van der Waals surface area (Å²) in [6.45, 7) is 0.807. The van der Waals surface area contributed by atoms with Crippen molar-refractivity contribution in [2.24, 2.45) is 4.40 Å². The Balaban J connectivity index is 1.75. The van der Waals surface area contributed by atoms with Crippen molar-refractivity contribution in [3.05, 3.63) is 52.7 Å². The van der Waals surface area contributed by atoms with Crippen LogP contribution in [-0.2, 0) is 14.8 Å². The summed E-state index contributed by atoms with van der Waals surface area (Å²) in [6.07, 6.45) is 6.84. The molecule has 1 aliphatic heterocycles. The van der Waals surface area contributed by atoms with Gasteiger partial charge in [-0.1, -0.05) is 18.6 Å². The van der Waals surface area contributed by atoms with E-state index in [1.54, 1.807) is 18.2 Å². The predicted molar refractivity (Wildman–Crippen MR) is 114 cm³/mol. The normalized spacial score (nSPS) is 17.0. The van der Waals surface area contributed by atoms with Gasteiger partial charge in [-0.25, -0.2) is 0 Å². The Labute approximate surface area is 169 Å². The van der Waals surface area contributed by atoms with E-state index in [4.69, 9.17) is 0 Å². The molecule has 0 bridgehead atoms. The number of rotatable bonds is 5. The molecule has 1 aromatic carbocycles. The molecular formula is C20H23N3O3S2. The monoisotopic (exact) mass is 417 g/mol. The Morgan fingerprint density at radius 3 is 2.86 bits per heavy atom. The van der Waals surface area contributed by atoms with Crippen LogP contribution in [-0.4, -0.2) is 38.7 Å². The molecule has 28 heavy (non-hydrogen) atoms. The minimum Gasteiger partial charge on any atom is -0.362 e. The minimum absolute atomic E-state index is 0.0673. The lowest BCUT2D eigenvalue weighted by molar-refractivity contribution is -0.111. The van der Waals surface area contributed by atoms with Crippen LogP contribution in [0, 0.1) is 0 Å². The van der Waals surface area contributed by atoms with Crippen molar-refractivity contribution >= 4 is 44.9 Å². The molecule has 1 fully saturated rings. The van der Waals surface area contributed by atoms with Crippen molar-refractivity contribution < 1.29 is 13.2 Å². The fourth-order valence-electron chi connectivity index (χ4n) is 2.90. The van der Waals surface area contributed by atoms with Crippen LogP contribution in [0.1, 0.15) is 30.6 Å². The quantitative estimate of drug-likeness (QED) is 0.746. The zero-order chi connectivity index (χ0) is 20.0. The summed E-state index contributed by atoms with van der Waals surface area (Å²) in [4.78, 5) is 15.0. The van der Waals surface area contributed by atoms with Crippen LogP contribution in [0.3, 0.4) is 0 Å². The predicted octanol–water partition coefficient (Wildman–Crippen LogP) is 3.99. The molecule has 0 radical (unpaired) electrons. The molecule has 6 nitrogen and oxygen atoms in total. The van der Waals surface area contributed by atoms with Gasteiger partial charge in [-0.05, 0) is 48.6 Å². The van der Waals surface area contributed by atoms with E-state index in [0.717, 1.165) is 30.7 Å². The molecule has 2 heterocycles. The molecule has 0 unspecified atom stereocenters. The number of amidine groups is 1. The number of benzene rings is 1. The standard InChI is InChI=1S/C20H23N3O3S2/c1-23-13-4-2-3-10-19(23)22-28(25,26)18-9-5-7-16(15-18)21-20(24)12-11-17-8-6-14-27-17/h5-9,11-12,14-15H,2-4,10,13H2,1H3,(H,21,24)/b12-11+,22-19+. The van der Waals surface area contributed by atoms with Crippen molar-refractivity contribution in [1.82, 2.24) is 4.90 Å². The molecule has 1 amide bonds. The second kappa shape index (κ2) is 9.16. The largest absolute Gasteiger partial charge is 0.362 e. The first kappa shape index (κ1) is 20.3. The van der Waals surface area contributed by atoms with Crippen LogP contribution in [0.4, 0.5) is 5.69 Å². The summed E-state index contributed by atoms with van der Waals surface area (Å²) in [5.74, 6) is 0.267. The fourth-order valence-corrected chi connectivity index (χ4v) is 4.66. The average Bonchev–Trinajstić information content (AvgIpc) is 3.11. The van der Waals surface area contributed by atoms with Gasteiger partial charge in [0.1, 0.15) is 5.84 Å². The molecule has 2 aromatic rings. The Morgan fingerprint density at radius 2 is 2.07 bits per heavy atom. The van der Waals surface area contributed by atoms with Gasteiger partial charge in [0.25, 0.3) is 10.0 Å². The van der Waals surface area contributed by atoms with Crippen LogP contribution >= 0.6 is 11.3 Å². The molecule has 0 aliphatic carbocycles. The lowest BCUT2D eigenvalue weighted by atomic mass is 10.2. The maximum absolute atomic E-state index is 12.7. The highest BCUT2D eigenvalue weighted by molar-refractivity contribution is 7.90. The van der Waals surface area contributed by atoms with Crippen LogP contribution in [0.25, 0.3) is 6.08 Å². The molecule has 0 spiro atoms. The third-order valence-corrected chi connectivity index (χ3v) is 6.54. The summed E-state index contributed by atoms with van der Waals surface area (Å²) in [7, 11) is -1.97. The number of sulfonamides is 1. The molecule has 148 valence electrons. The summed E-state index contributed by atoms with van der Waals surface area (Å²) in [5, 5.41) is 4.62. The van der Waals surface area contributed by atoms with Crippen molar-refractivity contribution in [1.29, 1.82) is 0 Å². The number of carbonyl (C=O) groups is 1. The van der Waals surface area contributed by atoms with Gasteiger partial charge in [0.05, 0.1) is 4.90 Å². The first-order valence-corrected chi connectivity index (χ1v) is 11.4. The van der Waals surface area contributed by atoms with E-state index in [1.165, 1.54) is 29.5 Å². The van der Waals surface area contributed by atoms with Gasteiger partial charge >= 0.3 is 0 Å². The highest BCUT2D eigenvalue weighted by atomic mass is 32.2. The first-order valence-electron chi connectivity index (χ1n) is 9.12. The van der Waals surface area contributed by atoms with E-state index in [1.807, 2.05) is 29.5 Å². The van der Waals surface area contributed by atoms with Crippen LogP contribution < -0.4 is 5.32 Å². The first-order chi connectivity index (χ1) is 13.4. The van der Waals surface area contributed by atoms with Gasteiger partial charge in [0, 0.05) is 36.7 Å². The van der Waals surface area contributed by atoms with Crippen molar-refractivity contribution in [3.8, 4) is 0 Å². The number of thiophene rings is 1. The zero-order valence-corrected chi connectivity index (χ0v) is 17.3. The maximum atomic E-state index is 12.7. The van der Waals surface area contributed by atoms with Gasteiger partial charge in [0.15, 0.2) is 0 Å². The number of hydrogen-bond acceptors (Lipinski definition) is 4. The molecule has 1 aromatic heterocycles. The average molecular weight is 418 g/mol. The molecule has 0 atom stereocenters. The molecule has 1 N–H and O–H groups in total. The summed E-state index contributed by atoms with van der Waals surface area (Å²) in [6, 6.07) is 10.00. The van der Waals surface area contributed by atoms with Crippen molar-refractivity contribution in [2.75, 3.05) is 18.9 Å². The summed E-state index contributed by atoms with van der Waals surface area (Å²) in [5.41, 5.74) is 0.413. The molecule has 1 aliphatic rings. The molecule has 0 saturated carbocycles. The third-order valence-electron chi connectivity index (χ3n) is 4.40.